The molecule has 1 aliphatic heterocycles. The van der Waals surface area contributed by atoms with E-state index in [1.807, 2.05) is 89.8 Å². The first-order valence-electron chi connectivity index (χ1n) is 10.3. The predicted octanol–water partition coefficient (Wildman–Crippen LogP) is 2.33. The number of nitrogens with zero attached hydrogens (tertiary/aromatic N) is 1. The van der Waals surface area contributed by atoms with Crippen molar-refractivity contribution in [3.05, 3.63) is 90.5 Å². The first kappa shape index (κ1) is 19.9. The van der Waals surface area contributed by atoms with Crippen molar-refractivity contribution >= 4 is 17.5 Å². The van der Waals surface area contributed by atoms with Crippen LogP contribution < -0.4 is 10.2 Å². The molecule has 1 fully saturated rings. The van der Waals surface area contributed by atoms with Crippen molar-refractivity contribution < 1.29 is 14.5 Å². The lowest BCUT2D eigenvalue weighted by molar-refractivity contribution is -0.895. The summed E-state index contributed by atoms with van der Waals surface area (Å²) in [6.07, 6.45) is 0. The number of amides is 2. The summed E-state index contributed by atoms with van der Waals surface area (Å²) in [6.45, 7) is 3.27. The number of hydrogen-bond acceptors (Lipinski definition) is 2. The maximum absolute atomic E-state index is 12.7. The standard InChI is InChI=1S/C25H25N3O2/c29-24(26-23-14-8-7-13-22(23)20-9-3-1-4-10-20)19-27-15-17-28(18-16-27)25(30)21-11-5-2-6-12-21/h1-14H,15-19H2,(H,26,29)/p+1. The zero-order chi connectivity index (χ0) is 20.8. The number of carbonyl (C=O) groups excluding carboxylic acids is 2. The maximum atomic E-state index is 12.7. The number of piperazine rings is 1. The molecule has 5 heteroatoms. The van der Waals surface area contributed by atoms with Crippen LogP contribution in [0, 0.1) is 0 Å². The van der Waals surface area contributed by atoms with Crippen LogP contribution >= 0.6 is 0 Å². The molecule has 0 bridgehead atoms. The van der Waals surface area contributed by atoms with Crippen LogP contribution in [-0.4, -0.2) is 49.4 Å². The fourth-order valence-electron chi connectivity index (χ4n) is 3.85. The van der Waals surface area contributed by atoms with Gasteiger partial charge in [0.05, 0.1) is 26.2 Å². The molecular weight excluding hydrogens is 374 g/mol. The molecule has 0 unspecified atom stereocenters. The van der Waals surface area contributed by atoms with Gasteiger partial charge in [0, 0.05) is 16.8 Å². The molecule has 3 aromatic carbocycles. The molecule has 0 atom stereocenters. The summed E-state index contributed by atoms with van der Waals surface area (Å²) in [4.78, 5) is 28.3. The summed E-state index contributed by atoms with van der Waals surface area (Å²) >= 11 is 0. The molecule has 1 aliphatic rings. The second kappa shape index (κ2) is 9.37. The zero-order valence-corrected chi connectivity index (χ0v) is 16.9. The Hall–Kier alpha value is -3.44. The van der Waals surface area contributed by atoms with Crippen molar-refractivity contribution in [2.75, 3.05) is 38.0 Å². The third-order valence-corrected chi connectivity index (χ3v) is 5.48. The van der Waals surface area contributed by atoms with Crippen molar-refractivity contribution in [3.63, 3.8) is 0 Å². The highest BCUT2D eigenvalue weighted by Gasteiger charge is 2.26. The number of benzene rings is 3. The predicted molar refractivity (Wildman–Crippen MR) is 118 cm³/mol. The van der Waals surface area contributed by atoms with Crippen LogP contribution in [-0.2, 0) is 4.79 Å². The van der Waals surface area contributed by atoms with Crippen molar-refractivity contribution in [1.82, 2.24) is 4.90 Å². The van der Waals surface area contributed by atoms with Gasteiger partial charge in [-0.25, -0.2) is 0 Å². The summed E-state index contributed by atoms with van der Waals surface area (Å²) in [7, 11) is 0. The molecule has 5 nitrogen and oxygen atoms in total. The quantitative estimate of drug-likeness (QED) is 0.691. The van der Waals surface area contributed by atoms with Gasteiger partial charge in [-0.2, -0.15) is 0 Å². The SMILES string of the molecule is O=C(C[NH+]1CCN(C(=O)c2ccccc2)CC1)Nc1ccccc1-c1ccccc1. The van der Waals surface area contributed by atoms with E-state index in [4.69, 9.17) is 0 Å². The van der Waals surface area contributed by atoms with Gasteiger partial charge in [0.25, 0.3) is 11.8 Å². The normalized spacial score (nSPS) is 14.3. The molecule has 0 spiro atoms. The van der Waals surface area contributed by atoms with Crippen LogP contribution in [0.3, 0.4) is 0 Å². The van der Waals surface area contributed by atoms with Crippen LogP contribution in [0.2, 0.25) is 0 Å². The second-order valence-corrected chi connectivity index (χ2v) is 7.54. The third kappa shape index (κ3) is 4.75. The minimum absolute atomic E-state index is 0.00350. The van der Waals surface area contributed by atoms with E-state index in [-0.39, 0.29) is 11.8 Å². The molecule has 1 heterocycles. The summed E-state index contributed by atoms with van der Waals surface area (Å²) < 4.78 is 0. The molecule has 30 heavy (non-hydrogen) atoms. The van der Waals surface area contributed by atoms with Gasteiger partial charge in [0.2, 0.25) is 0 Å². The van der Waals surface area contributed by atoms with E-state index in [0.29, 0.717) is 19.6 Å². The fourth-order valence-corrected chi connectivity index (χ4v) is 3.85. The monoisotopic (exact) mass is 400 g/mol. The lowest BCUT2D eigenvalue weighted by Crippen LogP contribution is -3.15. The molecule has 1 saturated heterocycles. The van der Waals surface area contributed by atoms with Crippen molar-refractivity contribution in [1.29, 1.82) is 0 Å². The molecule has 0 aliphatic carbocycles. The zero-order valence-electron chi connectivity index (χ0n) is 16.9. The summed E-state index contributed by atoms with van der Waals surface area (Å²) in [5.41, 5.74) is 3.63. The molecule has 2 amide bonds. The Labute approximate surface area is 176 Å². The van der Waals surface area contributed by atoms with Crippen LogP contribution in [0.5, 0.6) is 0 Å². The van der Waals surface area contributed by atoms with E-state index in [2.05, 4.69) is 5.32 Å². The average molecular weight is 401 g/mol. The van der Waals surface area contributed by atoms with E-state index < -0.39 is 0 Å². The topological polar surface area (TPSA) is 53.9 Å². The molecular formula is C25H26N3O2+. The van der Waals surface area contributed by atoms with E-state index in [0.717, 1.165) is 35.5 Å². The van der Waals surface area contributed by atoms with Crippen LogP contribution in [0.25, 0.3) is 11.1 Å². The Morgan fingerprint density at radius 3 is 2.10 bits per heavy atom. The van der Waals surface area contributed by atoms with Gasteiger partial charge in [-0.3, -0.25) is 9.59 Å². The lowest BCUT2D eigenvalue weighted by atomic mass is 10.0. The molecule has 0 radical (unpaired) electrons. The molecule has 2 N–H and O–H groups in total. The van der Waals surface area contributed by atoms with Gasteiger partial charge < -0.3 is 15.1 Å². The van der Waals surface area contributed by atoms with E-state index >= 15 is 0 Å². The fraction of sp³-hybridized carbons (Fsp3) is 0.200. The van der Waals surface area contributed by atoms with Crippen LogP contribution in [0.15, 0.2) is 84.9 Å². The highest BCUT2D eigenvalue weighted by atomic mass is 16.2. The lowest BCUT2D eigenvalue weighted by Gasteiger charge is -2.32. The Balaban J connectivity index is 1.33. The average Bonchev–Trinajstić information content (AvgIpc) is 2.80. The Kier molecular flexibility index (Phi) is 6.20. The second-order valence-electron chi connectivity index (χ2n) is 7.54. The van der Waals surface area contributed by atoms with Crippen LogP contribution in [0.1, 0.15) is 10.4 Å². The highest BCUT2D eigenvalue weighted by molar-refractivity contribution is 5.96. The minimum Gasteiger partial charge on any atom is -0.327 e. The van der Waals surface area contributed by atoms with Gasteiger partial charge >= 0.3 is 0 Å². The number of hydrogen-bond donors (Lipinski definition) is 2. The summed E-state index contributed by atoms with van der Waals surface area (Å²) in [5, 5.41) is 3.08. The molecule has 4 rings (SSSR count). The Morgan fingerprint density at radius 1 is 0.800 bits per heavy atom. The number of nitrogens with one attached hydrogen (secondary N) is 2. The molecule has 0 saturated carbocycles. The van der Waals surface area contributed by atoms with Gasteiger partial charge in [-0.1, -0.05) is 66.7 Å². The molecule has 3 aromatic rings. The largest absolute Gasteiger partial charge is 0.327 e. The minimum atomic E-state index is -0.00350. The van der Waals surface area contributed by atoms with Crippen LogP contribution in [0.4, 0.5) is 5.69 Å². The Morgan fingerprint density at radius 2 is 1.40 bits per heavy atom. The maximum Gasteiger partial charge on any atom is 0.279 e. The number of anilines is 1. The third-order valence-electron chi connectivity index (χ3n) is 5.48. The van der Waals surface area contributed by atoms with Gasteiger partial charge in [-0.05, 0) is 23.8 Å². The van der Waals surface area contributed by atoms with E-state index in [9.17, 15) is 9.59 Å². The highest BCUT2D eigenvalue weighted by Crippen LogP contribution is 2.27. The van der Waals surface area contributed by atoms with Crippen molar-refractivity contribution in [2.24, 2.45) is 0 Å². The smallest absolute Gasteiger partial charge is 0.279 e. The first-order chi connectivity index (χ1) is 14.7. The van der Waals surface area contributed by atoms with E-state index in [1.165, 1.54) is 4.90 Å². The van der Waals surface area contributed by atoms with Gasteiger partial charge in [0.15, 0.2) is 6.54 Å². The number of quaternary nitrogens is 1. The summed E-state index contributed by atoms with van der Waals surface area (Å²) in [6, 6.07) is 27.3. The number of rotatable bonds is 5. The van der Waals surface area contributed by atoms with Gasteiger partial charge in [0.1, 0.15) is 0 Å². The number of para-hydroxylation sites is 1. The molecule has 152 valence electrons. The molecule has 0 aromatic heterocycles. The van der Waals surface area contributed by atoms with Crippen molar-refractivity contribution in [3.8, 4) is 11.1 Å². The first-order valence-corrected chi connectivity index (χ1v) is 10.3. The van der Waals surface area contributed by atoms with Crippen molar-refractivity contribution in [2.45, 2.75) is 0 Å². The summed E-state index contributed by atoms with van der Waals surface area (Å²) in [5.74, 6) is 0.0621. The number of carbonyl (C=O) groups is 2. The van der Waals surface area contributed by atoms with E-state index in [1.54, 1.807) is 0 Å². The van der Waals surface area contributed by atoms with Gasteiger partial charge in [-0.15, -0.1) is 0 Å². The Bertz CT molecular complexity index is 997.